The fourth-order valence-electron chi connectivity index (χ4n) is 3.71. The van der Waals surface area contributed by atoms with Gasteiger partial charge in [0.25, 0.3) is 5.91 Å². The summed E-state index contributed by atoms with van der Waals surface area (Å²) in [6.45, 7) is 0.228. The lowest BCUT2D eigenvalue weighted by molar-refractivity contribution is -0.135. The van der Waals surface area contributed by atoms with E-state index in [1.54, 1.807) is 11.3 Å². The van der Waals surface area contributed by atoms with Crippen molar-refractivity contribution in [1.82, 2.24) is 15.5 Å². The Morgan fingerprint density at radius 3 is 2.92 bits per heavy atom. The van der Waals surface area contributed by atoms with Crippen LogP contribution in [0.2, 0.25) is 0 Å². The molecule has 1 unspecified atom stereocenters. The summed E-state index contributed by atoms with van der Waals surface area (Å²) in [5.41, 5.74) is 2.07. The zero-order valence-corrected chi connectivity index (χ0v) is 15.0. The van der Waals surface area contributed by atoms with E-state index in [4.69, 9.17) is 0 Å². The van der Waals surface area contributed by atoms with E-state index in [1.807, 2.05) is 41.1 Å². The van der Waals surface area contributed by atoms with Crippen molar-refractivity contribution in [1.29, 1.82) is 0 Å². The van der Waals surface area contributed by atoms with E-state index in [0.717, 1.165) is 34.4 Å². The first kappa shape index (κ1) is 16.8. The molecular weight excluding hydrogens is 350 g/mol. The van der Waals surface area contributed by atoms with Crippen LogP contribution in [0, 0.1) is 0 Å². The Hall–Kier alpha value is -2.67. The van der Waals surface area contributed by atoms with Gasteiger partial charge in [0.1, 0.15) is 12.1 Å². The molecule has 1 fully saturated rings. The Balaban J connectivity index is 1.41. The summed E-state index contributed by atoms with van der Waals surface area (Å²) < 4.78 is 0. The number of nitrogens with one attached hydrogen (secondary N) is 2. The number of aryl methyl sites for hydroxylation is 1. The predicted molar refractivity (Wildman–Crippen MR) is 97.7 cm³/mol. The molecule has 0 bridgehead atoms. The first-order valence-electron chi connectivity index (χ1n) is 8.60. The molecule has 1 spiro atoms. The quantitative estimate of drug-likeness (QED) is 0.789. The fraction of sp³-hybridized carbons (Fsp3) is 0.316. The molecule has 1 aromatic heterocycles. The molecular formula is C19H19N3O3S. The number of hydrogen-bond acceptors (Lipinski definition) is 4. The van der Waals surface area contributed by atoms with Gasteiger partial charge in [-0.2, -0.15) is 11.3 Å². The Kier molecular flexibility index (Phi) is 4.24. The number of thiophene rings is 1. The fourth-order valence-corrected chi connectivity index (χ4v) is 4.42. The zero-order valence-electron chi connectivity index (χ0n) is 14.2. The van der Waals surface area contributed by atoms with Crippen LogP contribution in [0.25, 0.3) is 0 Å². The van der Waals surface area contributed by atoms with Crippen molar-refractivity contribution in [3.05, 3.63) is 57.8 Å². The minimum atomic E-state index is -1.01. The molecule has 1 aromatic carbocycles. The predicted octanol–water partition coefficient (Wildman–Crippen LogP) is 1.80. The smallest absolute Gasteiger partial charge is 0.325 e. The van der Waals surface area contributed by atoms with Gasteiger partial charge in [0.05, 0.1) is 0 Å². The summed E-state index contributed by atoms with van der Waals surface area (Å²) in [7, 11) is 0. The summed E-state index contributed by atoms with van der Waals surface area (Å²) in [5, 5.41) is 9.63. The molecule has 26 heavy (non-hydrogen) atoms. The molecule has 4 rings (SSSR count). The van der Waals surface area contributed by atoms with Gasteiger partial charge >= 0.3 is 6.03 Å². The number of carbonyl (C=O) groups excluding carboxylic acids is 3. The van der Waals surface area contributed by atoms with Crippen LogP contribution >= 0.6 is 11.3 Å². The first-order valence-corrected chi connectivity index (χ1v) is 9.55. The molecule has 2 N–H and O–H groups in total. The lowest BCUT2D eigenvalue weighted by atomic mass is 9.92. The van der Waals surface area contributed by atoms with Crippen LogP contribution in [0.1, 0.15) is 23.1 Å². The van der Waals surface area contributed by atoms with Gasteiger partial charge in [-0.1, -0.05) is 24.3 Å². The number of carbonyl (C=O) groups is 3. The Morgan fingerprint density at radius 2 is 2.12 bits per heavy atom. The number of benzene rings is 1. The molecule has 2 heterocycles. The van der Waals surface area contributed by atoms with E-state index >= 15 is 0 Å². The van der Waals surface area contributed by atoms with E-state index in [2.05, 4.69) is 10.6 Å². The molecule has 134 valence electrons. The standard InChI is InChI=1S/C19H19N3O3S/c23-16(20-9-6-13-7-10-26-12-13)11-22-17(24)19(21-18(22)25)8-5-14-3-1-2-4-15(14)19/h1-4,7,10,12H,5-6,8-9,11H2,(H,20,23)(H,21,25). The normalized spacial score (nSPS) is 21.2. The number of amides is 4. The average Bonchev–Trinajstić information content (AvgIpc) is 3.33. The highest BCUT2D eigenvalue weighted by molar-refractivity contribution is 7.07. The Labute approximate surface area is 155 Å². The molecule has 7 heteroatoms. The number of urea groups is 1. The van der Waals surface area contributed by atoms with Crippen molar-refractivity contribution in [2.75, 3.05) is 13.1 Å². The zero-order chi connectivity index (χ0) is 18.1. The molecule has 1 aliphatic heterocycles. The van der Waals surface area contributed by atoms with Crippen molar-refractivity contribution in [3.63, 3.8) is 0 Å². The first-order chi connectivity index (χ1) is 12.6. The molecule has 0 radical (unpaired) electrons. The summed E-state index contributed by atoms with van der Waals surface area (Å²) >= 11 is 1.61. The molecule has 0 saturated carbocycles. The van der Waals surface area contributed by atoms with E-state index in [1.165, 1.54) is 0 Å². The van der Waals surface area contributed by atoms with Crippen LogP contribution in [0.5, 0.6) is 0 Å². The summed E-state index contributed by atoms with van der Waals surface area (Å²) in [5.74, 6) is -0.660. The third-order valence-electron chi connectivity index (χ3n) is 5.04. The van der Waals surface area contributed by atoms with Gasteiger partial charge in [-0.3, -0.25) is 14.5 Å². The molecule has 4 amide bonds. The van der Waals surface area contributed by atoms with Crippen molar-refractivity contribution < 1.29 is 14.4 Å². The largest absolute Gasteiger partial charge is 0.354 e. The lowest BCUT2D eigenvalue weighted by Gasteiger charge is -2.22. The minimum Gasteiger partial charge on any atom is -0.354 e. The SMILES string of the molecule is O=C(CN1C(=O)NC2(CCc3ccccc32)C1=O)NCCc1ccsc1. The van der Waals surface area contributed by atoms with Crippen molar-refractivity contribution in [3.8, 4) is 0 Å². The van der Waals surface area contributed by atoms with E-state index < -0.39 is 11.6 Å². The second kappa shape index (κ2) is 6.57. The third-order valence-corrected chi connectivity index (χ3v) is 5.77. The summed E-state index contributed by atoms with van der Waals surface area (Å²) in [4.78, 5) is 38.5. The molecule has 6 nitrogen and oxygen atoms in total. The molecule has 1 saturated heterocycles. The van der Waals surface area contributed by atoms with Gasteiger partial charge < -0.3 is 10.6 Å². The molecule has 1 aliphatic carbocycles. The highest BCUT2D eigenvalue weighted by Gasteiger charge is 2.55. The highest BCUT2D eigenvalue weighted by Crippen LogP contribution is 2.41. The number of hydrogen-bond donors (Lipinski definition) is 2. The average molecular weight is 369 g/mol. The van der Waals surface area contributed by atoms with Crippen LogP contribution in [-0.2, 0) is 28.0 Å². The van der Waals surface area contributed by atoms with E-state index in [-0.39, 0.29) is 18.4 Å². The van der Waals surface area contributed by atoms with E-state index in [0.29, 0.717) is 13.0 Å². The lowest BCUT2D eigenvalue weighted by Crippen LogP contribution is -2.44. The maximum atomic E-state index is 13.0. The van der Waals surface area contributed by atoms with Crippen molar-refractivity contribution >= 4 is 29.2 Å². The molecule has 1 atom stereocenters. The highest BCUT2D eigenvalue weighted by atomic mass is 32.1. The van der Waals surface area contributed by atoms with Crippen molar-refractivity contribution in [2.24, 2.45) is 0 Å². The van der Waals surface area contributed by atoms with Gasteiger partial charge in [-0.15, -0.1) is 0 Å². The Morgan fingerprint density at radius 1 is 1.27 bits per heavy atom. The van der Waals surface area contributed by atoms with Crippen LogP contribution < -0.4 is 10.6 Å². The van der Waals surface area contributed by atoms with Gasteiger partial charge in [0.15, 0.2) is 0 Å². The summed E-state index contributed by atoms with van der Waals surface area (Å²) in [6, 6.07) is 9.16. The van der Waals surface area contributed by atoms with Crippen LogP contribution in [0.3, 0.4) is 0 Å². The monoisotopic (exact) mass is 369 g/mol. The molecule has 2 aromatic rings. The number of rotatable bonds is 5. The van der Waals surface area contributed by atoms with Crippen LogP contribution in [0.4, 0.5) is 4.79 Å². The second-order valence-corrected chi connectivity index (χ2v) is 7.40. The summed E-state index contributed by atoms with van der Waals surface area (Å²) in [6.07, 6.45) is 2.00. The van der Waals surface area contributed by atoms with Gasteiger partial charge in [-0.05, 0) is 52.8 Å². The van der Waals surface area contributed by atoms with Crippen LogP contribution in [-0.4, -0.2) is 35.8 Å². The number of imide groups is 1. The van der Waals surface area contributed by atoms with Gasteiger partial charge in [0, 0.05) is 6.54 Å². The maximum Gasteiger partial charge on any atom is 0.325 e. The topological polar surface area (TPSA) is 78.5 Å². The maximum absolute atomic E-state index is 13.0. The third kappa shape index (κ3) is 2.78. The minimum absolute atomic E-state index is 0.252. The second-order valence-electron chi connectivity index (χ2n) is 6.62. The number of fused-ring (bicyclic) bond motifs is 2. The Bertz CT molecular complexity index is 865. The van der Waals surface area contributed by atoms with Gasteiger partial charge in [0.2, 0.25) is 5.91 Å². The van der Waals surface area contributed by atoms with E-state index in [9.17, 15) is 14.4 Å². The number of nitrogens with zero attached hydrogens (tertiary/aromatic N) is 1. The van der Waals surface area contributed by atoms with Gasteiger partial charge in [-0.25, -0.2) is 4.79 Å². The van der Waals surface area contributed by atoms with Crippen LogP contribution in [0.15, 0.2) is 41.1 Å². The molecule has 2 aliphatic rings. The van der Waals surface area contributed by atoms with Crippen molar-refractivity contribution in [2.45, 2.75) is 24.8 Å².